The Kier molecular flexibility index (Phi) is 4.11. The fraction of sp³-hybridized carbons (Fsp3) is 0.250. The molecular formula is C16H17N3O2S. The summed E-state index contributed by atoms with van der Waals surface area (Å²) in [6.45, 7) is 4.48. The highest BCUT2D eigenvalue weighted by Gasteiger charge is 2.19. The number of aromatic nitrogens is 2. The van der Waals surface area contributed by atoms with Crippen molar-refractivity contribution >= 4 is 17.2 Å². The van der Waals surface area contributed by atoms with Crippen LogP contribution in [0.2, 0.25) is 0 Å². The number of hydrogen-bond donors (Lipinski definition) is 1. The second-order valence-corrected chi connectivity index (χ2v) is 6.10. The highest BCUT2D eigenvalue weighted by molar-refractivity contribution is 7.10. The first-order chi connectivity index (χ1) is 10.6. The maximum absolute atomic E-state index is 12.1. The lowest BCUT2D eigenvalue weighted by molar-refractivity contribution is 0.0948. The van der Waals surface area contributed by atoms with Crippen molar-refractivity contribution in [2.45, 2.75) is 19.9 Å². The second-order valence-electron chi connectivity index (χ2n) is 5.12. The molecule has 0 saturated carbocycles. The van der Waals surface area contributed by atoms with E-state index in [2.05, 4.69) is 16.5 Å². The van der Waals surface area contributed by atoms with E-state index < -0.39 is 0 Å². The number of thiophene rings is 1. The third-order valence-corrected chi connectivity index (χ3v) is 4.42. The standard InChI is InChI=1S/C16H17N3O2S/c1-11-8-12(2)19(18-11)14(15-4-3-7-22-15)9-17-16(20)13-5-6-21-10-13/h3-8,10,14H,9H2,1-2H3,(H,17,20)/t14-/m0/s1. The van der Waals surface area contributed by atoms with Gasteiger partial charge in [0.05, 0.1) is 17.5 Å². The van der Waals surface area contributed by atoms with Crippen molar-refractivity contribution in [3.63, 3.8) is 0 Å². The lowest BCUT2D eigenvalue weighted by atomic mass is 10.2. The quantitative estimate of drug-likeness (QED) is 0.786. The van der Waals surface area contributed by atoms with Gasteiger partial charge in [-0.3, -0.25) is 9.48 Å². The van der Waals surface area contributed by atoms with Gasteiger partial charge in [-0.15, -0.1) is 11.3 Å². The first-order valence-corrected chi connectivity index (χ1v) is 7.89. The van der Waals surface area contributed by atoms with Crippen LogP contribution in [0.5, 0.6) is 0 Å². The van der Waals surface area contributed by atoms with Gasteiger partial charge < -0.3 is 9.73 Å². The van der Waals surface area contributed by atoms with E-state index in [4.69, 9.17) is 4.42 Å². The molecule has 3 heterocycles. The Morgan fingerprint density at radius 1 is 1.45 bits per heavy atom. The SMILES string of the molecule is Cc1cc(C)n([C@@H](CNC(=O)c2ccoc2)c2cccs2)n1. The monoisotopic (exact) mass is 315 g/mol. The minimum absolute atomic E-state index is 0.00967. The molecule has 1 amide bonds. The predicted molar refractivity (Wildman–Crippen MR) is 85.2 cm³/mol. The molecule has 3 aromatic rings. The van der Waals surface area contributed by atoms with Crippen LogP contribution in [0.3, 0.4) is 0 Å². The molecule has 0 fully saturated rings. The van der Waals surface area contributed by atoms with Gasteiger partial charge >= 0.3 is 0 Å². The number of hydrogen-bond acceptors (Lipinski definition) is 4. The second kappa shape index (κ2) is 6.19. The number of aryl methyl sites for hydroxylation is 2. The molecule has 3 aromatic heterocycles. The van der Waals surface area contributed by atoms with E-state index in [1.807, 2.05) is 36.0 Å². The van der Waals surface area contributed by atoms with Gasteiger partial charge in [0.2, 0.25) is 0 Å². The van der Waals surface area contributed by atoms with E-state index in [1.165, 1.54) is 17.4 Å². The zero-order valence-electron chi connectivity index (χ0n) is 12.4. The smallest absolute Gasteiger partial charge is 0.254 e. The van der Waals surface area contributed by atoms with Crippen molar-refractivity contribution in [3.05, 3.63) is 64.0 Å². The van der Waals surface area contributed by atoms with Crippen molar-refractivity contribution in [2.24, 2.45) is 0 Å². The number of nitrogens with zero attached hydrogens (tertiary/aromatic N) is 2. The third kappa shape index (κ3) is 2.96. The number of carbonyl (C=O) groups excluding carboxylic acids is 1. The van der Waals surface area contributed by atoms with Crippen LogP contribution < -0.4 is 5.32 Å². The summed E-state index contributed by atoms with van der Waals surface area (Å²) in [7, 11) is 0. The molecule has 3 rings (SSSR count). The normalized spacial score (nSPS) is 12.3. The summed E-state index contributed by atoms with van der Waals surface area (Å²) in [4.78, 5) is 13.3. The van der Waals surface area contributed by atoms with Gasteiger partial charge in [-0.05, 0) is 37.4 Å². The summed E-state index contributed by atoms with van der Waals surface area (Å²) in [5.41, 5.74) is 2.58. The molecule has 0 aliphatic carbocycles. The molecule has 6 heteroatoms. The number of amides is 1. The van der Waals surface area contributed by atoms with Crippen molar-refractivity contribution < 1.29 is 9.21 Å². The number of carbonyl (C=O) groups is 1. The lowest BCUT2D eigenvalue weighted by Crippen LogP contribution is -2.31. The van der Waals surface area contributed by atoms with Gasteiger partial charge in [-0.25, -0.2) is 0 Å². The maximum Gasteiger partial charge on any atom is 0.254 e. The van der Waals surface area contributed by atoms with Crippen LogP contribution in [0.1, 0.15) is 32.7 Å². The summed E-state index contributed by atoms with van der Waals surface area (Å²) in [6.07, 6.45) is 2.94. The molecule has 0 saturated heterocycles. The van der Waals surface area contributed by atoms with Crippen LogP contribution in [0.15, 0.2) is 46.6 Å². The summed E-state index contributed by atoms with van der Waals surface area (Å²) >= 11 is 1.66. The van der Waals surface area contributed by atoms with Gasteiger partial charge in [0, 0.05) is 17.1 Å². The van der Waals surface area contributed by atoms with Crippen LogP contribution in [0.4, 0.5) is 0 Å². The highest BCUT2D eigenvalue weighted by Crippen LogP contribution is 2.24. The fourth-order valence-electron chi connectivity index (χ4n) is 2.44. The molecule has 0 bridgehead atoms. The molecule has 1 N–H and O–H groups in total. The number of rotatable bonds is 5. The summed E-state index contributed by atoms with van der Waals surface area (Å²) < 4.78 is 6.91. The average molecular weight is 315 g/mol. The van der Waals surface area contributed by atoms with Crippen molar-refractivity contribution in [1.82, 2.24) is 15.1 Å². The first-order valence-electron chi connectivity index (χ1n) is 7.01. The molecule has 0 aliphatic heterocycles. The molecule has 5 nitrogen and oxygen atoms in total. The summed E-state index contributed by atoms with van der Waals surface area (Å²) in [6, 6.07) is 7.76. The van der Waals surface area contributed by atoms with Crippen LogP contribution in [0, 0.1) is 13.8 Å². The maximum atomic E-state index is 12.1. The number of furan rings is 1. The van der Waals surface area contributed by atoms with Crippen molar-refractivity contribution in [3.8, 4) is 0 Å². The molecule has 22 heavy (non-hydrogen) atoms. The van der Waals surface area contributed by atoms with Crippen LogP contribution in [-0.4, -0.2) is 22.2 Å². The summed E-state index contributed by atoms with van der Waals surface area (Å²) in [5, 5.41) is 9.55. The topological polar surface area (TPSA) is 60.1 Å². The van der Waals surface area contributed by atoms with E-state index in [9.17, 15) is 4.79 Å². The van der Waals surface area contributed by atoms with E-state index >= 15 is 0 Å². The van der Waals surface area contributed by atoms with Crippen LogP contribution >= 0.6 is 11.3 Å². The van der Waals surface area contributed by atoms with Crippen LogP contribution in [-0.2, 0) is 0 Å². The third-order valence-electron chi connectivity index (χ3n) is 3.45. The van der Waals surface area contributed by atoms with Gasteiger partial charge in [0.1, 0.15) is 12.3 Å². The molecule has 1 atom stereocenters. The minimum atomic E-state index is -0.142. The molecule has 0 unspecified atom stereocenters. The van der Waals surface area contributed by atoms with Gasteiger partial charge in [0.15, 0.2) is 0 Å². The zero-order chi connectivity index (χ0) is 15.5. The Hall–Kier alpha value is -2.34. The Balaban J connectivity index is 1.81. The fourth-order valence-corrected chi connectivity index (χ4v) is 3.25. The van der Waals surface area contributed by atoms with Gasteiger partial charge in [-0.1, -0.05) is 6.07 Å². The van der Waals surface area contributed by atoms with E-state index in [0.717, 1.165) is 11.4 Å². The Morgan fingerprint density at radius 2 is 2.32 bits per heavy atom. The predicted octanol–water partition coefficient (Wildman–Crippen LogP) is 3.17. The molecule has 0 aromatic carbocycles. The van der Waals surface area contributed by atoms with Crippen molar-refractivity contribution in [1.29, 1.82) is 0 Å². The summed E-state index contributed by atoms with van der Waals surface area (Å²) in [5.74, 6) is -0.142. The van der Waals surface area contributed by atoms with Gasteiger partial charge in [0.25, 0.3) is 5.91 Å². The minimum Gasteiger partial charge on any atom is -0.472 e. The first kappa shape index (κ1) is 14.6. The number of nitrogens with one attached hydrogen (secondary N) is 1. The molecule has 0 spiro atoms. The average Bonchev–Trinajstić information content (AvgIpc) is 3.22. The molecule has 114 valence electrons. The van der Waals surface area contributed by atoms with E-state index in [0.29, 0.717) is 12.1 Å². The lowest BCUT2D eigenvalue weighted by Gasteiger charge is -2.18. The van der Waals surface area contributed by atoms with Crippen molar-refractivity contribution in [2.75, 3.05) is 6.54 Å². The van der Waals surface area contributed by atoms with Crippen LogP contribution in [0.25, 0.3) is 0 Å². The van der Waals surface area contributed by atoms with E-state index in [1.54, 1.807) is 17.4 Å². The Labute approximate surface area is 132 Å². The Morgan fingerprint density at radius 3 is 2.91 bits per heavy atom. The molecular weight excluding hydrogens is 298 g/mol. The van der Waals surface area contributed by atoms with E-state index in [-0.39, 0.29) is 11.9 Å². The molecule has 0 aliphatic rings. The zero-order valence-corrected chi connectivity index (χ0v) is 13.3. The highest BCUT2D eigenvalue weighted by atomic mass is 32.1. The van der Waals surface area contributed by atoms with Gasteiger partial charge in [-0.2, -0.15) is 5.10 Å². The Bertz CT molecular complexity index is 745. The molecule has 0 radical (unpaired) electrons. The largest absolute Gasteiger partial charge is 0.472 e.